The third kappa shape index (κ3) is 23.4. The average Bonchev–Trinajstić information content (AvgIpc) is 2.85. The quantitative estimate of drug-likeness (QED) is 0.114. The van der Waals surface area contributed by atoms with Gasteiger partial charge in [-0.1, -0.05) is 147 Å². The van der Waals surface area contributed by atoms with Crippen LogP contribution in [0.4, 0.5) is 0 Å². The lowest BCUT2D eigenvalue weighted by Gasteiger charge is -2.28. The first kappa shape index (κ1) is 35.0. The number of hydrogen-bond acceptors (Lipinski definition) is 1. The number of unbranched alkanes of at least 4 members (excludes halogenated alkanes) is 15. The number of aryl methyl sites for hydroxylation is 1. The summed E-state index contributed by atoms with van der Waals surface area (Å²) in [6, 6.07) is 7.36. The summed E-state index contributed by atoms with van der Waals surface area (Å²) in [5.74, 6) is 0.998. The van der Waals surface area contributed by atoms with Crippen LogP contribution in [0.15, 0.2) is 24.3 Å². The van der Waals surface area contributed by atoms with E-state index in [1.807, 2.05) is 18.2 Å². The molecule has 0 heterocycles. The summed E-state index contributed by atoms with van der Waals surface area (Å²) in [4.78, 5) is 0. The van der Waals surface area contributed by atoms with Gasteiger partial charge in [0, 0.05) is 0 Å². The highest BCUT2D eigenvalue weighted by Crippen LogP contribution is 2.17. The van der Waals surface area contributed by atoms with Crippen LogP contribution in [0.5, 0.6) is 5.75 Å². The van der Waals surface area contributed by atoms with Gasteiger partial charge in [0.25, 0.3) is 0 Å². The maximum absolute atomic E-state index is 11.4. The first-order valence-electron chi connectivity index (χ1n) is 15.9. The van der Waals surface area contributed by atoms with Gasteiger partial charge in [0.1, 0.15) is 0 Å². The molecule has 0 atom stereocenters. The van der Waals surface area contributed by atoms with Gasteiger partial charge in [-0.3, -0.25) is 0 Å². The van der Waals surface area contributed by atoms with E-state index in [-0.39, 0.29) is 5.75 Å². The fourth-order valence-corrected chi connectivity index (χ4v) is 4.65. The predicted molar refractivity (Wildman–Crippen MR) is 161 cm³/mol. The molecular formula is C34H65NO. The highest BCUT2D eigenvalue weighted by Gasteiger charge is 2.09. The molecule has 0 fully saturated rings. The van der Waals surface area contributed by atoms with Gasteiger partial charge in [-0.05, 0) is 38.5 Å². The fourth-order valence-electron chi connectivity index (χ4n) is 4.65. The largest absolute Gasteiger partial charge is 0.872 e. The summed E-state index contributed by atoms with van der Waals surface area (Å²) in [5.41, 5.74) is 0.974. The molecule has 1 aromatic carbocycles. The molecule has 0 amide bonds. The minimum atomic E-state index is 0.196. The van der Waals surface area contributed by atoms with Crippen LogP contribution >= 0.6 is 0 Å². The second kappa shape index (κ2) is 24.3. The van der Waals surface area contributed by atoms with Crippen LogP contribution in [0.25, 0.3) is 0 Å². The van der Waals surface area contributed by atoms with Crippen molar-refractivity contribution in [3.05, 3.63) is 29.8 Å². The smallest absolute Gasteiger partial charge is 0.0782 e. The Labute approximate surface area is 227 Å². The Morgan fingerprint density at radius 2 is 1.11 bits per heavy atom. The van der Waals surface area contributed by atoms with Crippen LogP contribution in [0.2, 0.25) is 0 Å². The van der Waals surface area contributed by atoms with Crippen LogP contribution in [-0.4, -0.2) is 31.7 Å². The molecule has 0 bridgehead atoms. The van der Waals surface area contributed by atoms with Gasteiger partial charge in [-0.15, -0.1) is 5.75 Å². The minimum absolute atomic E-state index is 0.196. The van der Waals surface area contributed by atoms with E-state index in [9.17, 15) is 5.11 Å². The predicted octanol–water partition coefficient (Wildman–Crippen LogP) is 10.1. The van der Waals surface area contributed by atoms with Crippen LogP contribution in [0.3, 0.4) is 0 Å². The summed E-state index contributed by atoms with van der Waals surface area (Å²) >= 11 is 0. The molecule has 36 heavy (non-hydrogen) atoms. The van der Waals surface area contributed by atoms with E-state index in [1.54, 1.807) is 6.07 Å². The van der Waals surface area contributed by atoms with Crippen molar-refractivity contribution in [1.29, 1.82) is 0 Å². The molecule has 1 aromatic rings. The topological polar surface area (TPSA) is 23.1 Å². The van der Waals surface area contributed by atoms with Crippen molar-refractivity contribution in [3.8, 4) is 5.75 Å². The Morgan fingerprint density at radius 3 is 1.58 bits per heavy atom. The molecule has 0 spiro atoms. The van der Waals surface area contributed by atoms with Gasteiger partial charge in [0.15, 0.2) is 0 Å². The van der Waals surface area contributed by atoms with Gasteiger partial charge < -0.3 is 9.59 Å². The lowest BCUT2D eigenvalue weighted by Crippen LogP contribution is -2.39. The van der Waals surface area contributed by atoms with E-state index >= 15 is 0 Å². The van der Waals surface area contributed by atoms with Gasteiger partial charge in [-0.25, -0.2) is 0 Å². The van der Waals surface area contributed by atoms with Crippen molar-refractivity contribution in [2.75, 3.05) is 27.2 Å². The van der Waals surface area contributed by atoms with Gasteiger partial charge in [0.2, 0.25) is 0 Å². The van der Waals surface area contributed by atoms with Crippen LogP contribution in [-0.2, 0) is 6.42 Å². The third-order valence-electron chi connectivity index (χ3n) is 7.67. The lowest BCUT2D eigenvalue weighted by molar-refractivity contribution is -0.888. The molecule has 0 radical (unpaired) electrons. The molecule has 0 saturated heterocycles. The van der Waals surface area contributed by atoms with Gasteiger partial charge >= 0.3 is 0 Å². The minimum Gasteiger partial charge on any atom is -0.872 e. The highest BCUT2D eigenvalue weighted by atomic mass is 16.3. The first-order chi connectivity index (χ1) is 17.3. The van der Waals surface area contributed by atoms with E-state index in [2.05, 4.69) is 41.8 Å². The third-order valence-corrected chi connectivity index (χ3v) is 7.67. The second-order valence-electron chi connectivity index (χ2n) is 12.2. The average molecular weight is 504 g/mol. The number of nitrogens with zero attached hydrogens (tertiary/aromatic N) is 1. The Hall–Kier alpha value is -1.02. The van der Waals surface area contributed by atoms with Gasteiger partial charge in [0.05, 0.1) is 27.2 Å². The van der Waals surface area contributed by atoms with E-state index < -0.39 is 0 Å². The fraction of sp³-hybridized carbons (Fsp3) is 0.824. The van der Waals surface area contributed by atoms with E-state index in [0.29, 0.717) is 0 Å². The number of quaternary nitrogens is 1. The summed E-state index contributed by atoms with van der Waals surface area (Å²) in [5, 5.41) is 11.4. The zero-order valence-electron chi connectivity index (χ0n) is 25.6. The zero-order valence-corrected chi connectivity index (χ0v) is 25.6. The molecule has 0 unspecified atom stereocenters. The molecule has 2 heteroatoms. The van der Waals surface area contributed by atoms with E-state index in [1.165, 1.54) is 127 Å². The van der Waals surface area contributed by atoms with Crippen LogP contribution in [0, 0.1) is 5.92 Å². The van der Waals surface area contributed by atoms with Crippen molar-refractivity contribution >= 4 is 0 Å². The zero-order chi connectivity index (χ0) is 26.9. The SMILES string of the molecule is CC(C)CCCCCc1ccccc1[O-].CCCCCCCCCCCCCCCC[N+](C)(C)CC. The molecule has 0 saturated carbocycles. The maximum Gasteiger partial charge on any atom is 0.0782 e. The van der Waals surface area contributed by atoms with Crippen LogP contribution < -0.4 is 5.11 Å². The normalized spacial score (nSPS) is 11.5. The van der Waals surface area contributed by atoms with Crippen molar-refractivity contribution in [3.63, 3.8) is 0 Å². The summed E-state index contributed by atoms with van der Waals surface area (Å²) in [6.07, 6.45) is 26.3. The van der Waals surface area contributed by atoms with Crippen molar-refractivity contribution in [1.82, 2.24) is 0 Å². The van der Waals surface area contributed by atoms with E-state index in [0.717, 1.165) is 24.3 Å². The van der Waals surface area contributed by atoms with Crippen molar-refractivity contribution in [2.45, 2.75) is 150 Å². The molecule has 0 aromatic heterocycles. The first-order valence-corrected chi connectivity index (χ1v) is 15.9. The summed E-state index contributed by atoms with van der Waals surface area (Å²) in [7, 11) is 4.70. The Morgan fingerprint density at radius 1 is 0.639 bits per heavy atom. The van der Waals surface area contributed by atoms with E-state index in [4.69, 9.17) is 0 Å². The molecule has 0 aliphatic rings. The number of benzene rings is 1. The standard InChI is InChI=1S/C20H44N.C14H22O/c1-5-7-8-9-10-11-12-13-14-15-16-17-18-19-20-21(3,4)6-2;1-12(2)8-4-3-5-9-13-10-6-7-11-14(13)15/h5-20H2,1-4H3;6-7,10-12,15H,3-5,8-9H2,1-2H3/q+1;/p-1. The number of rotatable bonds is 22. The molecule has 0 N–H and O–H groups in total. The maximum atomic E-state index is 11.4. The molecule has 212 valence electrons. The molecule has 1 rings (SSSR count). The number of para-hydroxylation sites is 1. The lowest BCUT2D eigenvalue weighted by atomic mass is 10.0. The molecule has 0 aliphatic heterocycles. The van der Waals surface area contributed by atoms with Gasteiger partial charge in [-0.2, -0.15) is 0 Å². The van der Waals surface area contributed by atoms with Crippen molar-refractivity contribution in [2.24, 2.45) is 5.92 Å². The Bertz CT molecular complexity index is 580. The molecular weight excluding hydrogens is 438 g/mol. The highest BCUT2D eigenvalue weighted by molar-refractivity contribution is 5.30. The van der Waals surface area contributed by atoms with Crippen molar-refractivity contribution < 1.29 is 9.59 Å². The Balaban J connectivity index is 0.000000717. The number of hydrogen-bond donors (Lipinski definition) is 0. The molecule has 2 nitrogen and oxygen atoms in total. The van der Waals surface area contributed by atoms with Crippen LogP contribution in [0.1, 0.15) is 149 Å². The molecule has 0 aliphatic carbocycles. The second-order valence-corrected chi connectivity index (χ2v) is 12.2. The summed E-state index contributed by atoms with van der Waals surface area (Å²) in [6.45, 7) is 11.7. The Kier molecular flexibility index (Phi) is 23.6. The summed E-state index contributed by atoms with van der Waals surface area (Å²) < 4.78 is 1.19. The monoisotopic (exact) mass is 504 g/mol.